The van der Waals surface area contributed by atoms with Gasteiger partial charge in [0.15, 0.2) is 0 Å². The van der Waals surface area contributed by atoms with Crippen molar-refractivity contribution >= 4 is 28.6 Å². The van der Waals surface area contributed by atoms with E-state index in [4.69, 9.17) is 21.3 Å². The van der Waals surface area contributed by atoms with E-state index < -0.39 is 0 Å². The number of hydrogen-bond acceptors (Lipinski definition) is 6. The second kappa shape index (κ2) is 8.07. The number of benzene rings is 1. The van der Waals surface area contributed by atoms with E-state index in [9.17, 15) is 0 Å². The van der Waals surface area contributed by atoms with Crippen molar-refractivity contribution in [2.45, 2.75) is 6.92 Å². The number of nitrogens with zero attached hydrogens (tertiary/aromatic N) is 6. The van der Waals surface area contributed by atoms with Gasteiger partial charge in [0.05, 0.1) is 35.9 Å². The van der Waals surface area contributed by atoms with Crippen LogP contribution >= 0.6 is 11.6 Å². The molecule has 0 unspecified atom stereocenters. The van der Waals surface area contributed by atoms with Crippen LogP contribution in [-0.4, -0.2) is 52.6 Å². The predicted molar refractivity (Wildman–Crippen MR) is 123 cm³/mol. The predicted octanol–water partition coefficient (Wildman–Crippen LogP) is 4.09. The van der Waals surface area contributed by atoms with E-state index in [1.807, 2.05) is 42.0 Å². The quantitative estimate of drug-likeness (QED) is 0.482. The molecule has 4 heterocycles. The number of imidazole rings is 1. The minimum atomic E-state index is 0.586. The van der Waals surface area contributed by atoms with Gasteiger partial charge in [-0.3, -0.25) is 0 Å². The van der Waals surface area contributed by atoms with Gasteiger partial charge in [0, 0.05) is 55.9 Å². The molecule has 8 heteroatoms. The number of piperazine rings is 1. The first kappa shape index (κ1) is 19.6. The van der Waals surface area contributed by atoms with Crippen molar-refractivity contribution in [1.82, 2.24) is 19.4 Å². The number of fused-ring (bicyclic) bond motifs is 1. The summed E-state index contributed by atoms with van der Waals surface area (Å²) in [7, 11) is 1.63. The molecule has 1 aliphatic heterocycles. The highest BCUT2D eigenvalue weighted by atomic mass is 35.5. The number of halogens is 1. The molecular weight excluding hydrogens is 412 g/mol. The molecule has 31 heavy (non-hydrogen) atoms. The first-order valence-corrected chi connectivity index (χ1v) is 10.6. The molecule has 0 N–H and O–H groups in total. The molecule has 158 valence electrons. The van der Waals surface area contributed by atoms with Crippen molar-refractivity contribution in [2.75, 3.05) is 43.1 Å². The van der Waals surface area contributed by atoms with Gasteiger partial charge in [-0.2, -0.15) is 0 Å². The molecule has 0 amide bonds. The molecule has 1 saturated heterocycles. The molecule has 5 rings (SSSR count). The van der Waals surface area contributed by atoms with Gasteiger partial charge >= 0.3 is 0 Å². The van der Waals surface area contributed by atoms with E-state index in [1.165, 1.54) is 5.69 Å². The summed E-state index contributed by atoms with van der Waals surface area (Å²) in [5, 5.41) is 0.586. The first-order chi connectivity index (χ1) is 15.1. The van der Waals surface area contributed by atoms with E-state index >= 15 is 0 Å². The fourth-order valence-electron chi connectivity index (χ4n) is 4.06. The molecule has 4 aromatic rings. The van der Waals surface area contributed by atoms with Crippen LogP contribution in [0.5, 0.6) is 5.75 Å². The first-order valence-electron chi connectivity index (χ1n) is 10.2. The SMILES string of the molecule is COc1cc(C)c(-c2cn3ccc(N4CCN(c5cncnc5)CC4)cc3n2)cc1Cl. The zero-order valence-electron chi connectivity index (χ0n) is 17.5. The molecule has 1 fully saturated rings. The van der Waals surface area contributed by atoms with Crippen LogP contribution in [0, 0.1) is 6.92 Å². The Morgan fingerprint density at radius 1 is 0.968 bits per heavy atom. The normalized spacial score (nSPS) is 14.3. The zero-order valence-corrected chi connectivity index (χ0v) is 18.3. The third kappa shape index (κ3) is 3.77. The smallest absolute Gasteiger partial charge is 0.139 e. The van der Waals surface area contributed by atoms with Crippen LogP contribution < -0.4 is 14.5 Å². The third-order valence-electron chi connectivity index (χ3n) is 5.78. The van der Waals surface area contributed by atoms with E-state index in [-0.39, 0.29) is 0 Å². The number of aryl methyl sites for hydroxylation is 1. The largest absolute Gasteiger partial charge is 0.495 e. The Hall–Kier alpha value is -3.32. The molecule has 0 saturated carbocycles. The number of hydrogen-bond donors (Lipinski definition) is 0. The standard InChI is InChI=1S/C23H23ClN6O/c1-16-9-22(31-2)20(24)11-19(16)21-14-30-4-3-17(10-23(30)27-21)28-5-7-29(8-6-28)18-12-25-15-26-13-18/h3-4,9-15H,5-8H2,1-2H3. The Morgan fingerprint density at radius 3 is 2.39 bits per heavy atom. The number of pyridine rings is 1. The van der Waals surface area contributed by atoms with Crippen LogP contribution in [0.1, 0.15) is 5.56 Å². The maximum absolute atomic E-state index is 6.35. The van der Waals surface area contributed by atoms with E-state index in [2.05, 4.69) is 38.1 Å². The summed E-state index contributed by atoms with van der Waals surface area (Å²) in [6.07, 6.45) is 9.41. The Balaban J connectivity index is 1.38. The lowest BCUT2D eigenvalue weighted by Crippen LogP contribution is -2.46. The molecule has 3 aromatic heterocycles. The number of rotatable bonds is 4. The van der Waals surface area contributed by atoms with Crippen molar-refractivity contribution in [1.29, 1.82) is 0 Å². The van der Waals surface area contributed by atoms with E-state index in [0.717, 1.165) is 54.3 Å². The van der Waals surface area contributed by atoms with Gasteiger partial charge in [-0.15, -0.1) is 0 Å². The lowest BCUT2D eigenvalue weighted by atomic mass is 10.1. The Bertz CT molecular complexity index is 1220. The molecule has 0 aliphatic carbocycles. The maximum atomic E-state index is 6.35. The van der Waals surface area contributed by atoms with Crippen molar-refractivity contribution in [3.8, 4) is 17.0 Å². The highest BCUT2D eigenvalue weighted by Gasteiger charge is 2.19. The average Bonchev–Trinajstić information content (AvgIpc) is 3.24. The van der Waals surface area contributed by atoms with Crippen molar-refractivity contribution in [2.24, 2.45) is 0 Å². The van der Waals surface area contributed by atoms with Gasteiger partial charge in [-0.05, 0) is 30.7 Å². The van der Waals surface area contributed by atoms with Crippen LogP contribution in [0.2, 0.25) is 5.02 Å². The fraction of sp³-hybridized carbons (Fsp3) is 0.261. The molecule has 0 radical (unpaired) electrons. The Kier molecular flexibility index (Phi) is 5.11. The van der Waals surface area contributed by atoms with Crippen LogP contribution in [-0.2, 0) is 0 Å². The molecule has 0 bridgehead atoms. The fourth-order valence-corrected chi connectivity index (χ4v) is 4.30. The Labute approximate surface area is 185 Å². The lowest BCUT2D eigenvalue weighted by Gasteiger charge is -2.37. The van der Waals surface area contributed by atoms with Gasteiger partial charge in [-0.25, -0.2) is 15.0 Å². The second-order valence-electron chi connectivity index (χ2n) is 7.65. The second-order valence-corrected chi connectivity index (χ2v) is 8.06. The van der Waals surface area contributed by atoms with E-state index in [0.29, 0.717) is 10.8 Å². The van der Waals surface area contributed by atoms with Gasteiger partial charge in [0.1, 0.15) is 17.7 Å². The highest BCUT2D eigenvalue weighted by molar-refractivity contribution is 6.32. The summed E-state index contributed by atoms with van der Waals surface area (Å²) >= 11 is 6.35. The van der Waals surface area contributed by atoms with Crippen molar-refractivity contribution < 1.29 is 4.74 Å². The van der Waals surface area contributed by atoms with Crippen LogP contribution in [0.15, 0.2) is 55.4 Å². The Morgan fingerprint density at radius 2 is 1.68 bits per heavy atom. The van der Waals surface area contributed by atoms with E-state index in [1.54, 1.807) is 13.4 Å². The summed E-state index contributed by atoms with van der Waals surface area (Å²) in [5.74, 6) is 0.676. The minimum absolute atomic E-state index is 0.586. The number of ether oxygens (including phenoxy) is 1. The van der Waals surface area contributed by atoms with Crippen molar-refractivity contribution in [3.05, 3.63) is 66.0 Å². The average molecular weight is 435 g/mol. The molecular formula is C23H23ClN6O. The van der Waals surface area contributed by atoms with Gasteiger partial charge in [0.25, 0.3) is 0 Å². The summed E-state index contributed by atoms with van der Waals surface area (Å²) in [6.45, 7) is 5.78. The lowest BCUT2D eigenvalue weighted by molar-refractivity contribution is 0.415. The molecule has 1 aliphatic rings. The van der Waals surface area contributed by atoms with Gasteiger partial charge in [-0.1, -0.05) is 11.6 Å². The summed E-state index contributed by atoms with van der Waals surface area (Å²) < 4.78 is 7.37. The molecule has 7 nitrogen and oxygen atoms in total. The molecule has 0 atom stereocenters. The number of aromatic nitrogens is 4. The van der Waals surface area contributed by atoms with Crippen LogP contribution in [0.3, 0.4) is 0 Å². The number of methoxy groups -OCH3 is 1. The third-order valence-corrected chi connectivity index (χ3v) is 6.07. The van der Waals surface area contributed by atoms with Crippen LogP contribution in [0.25, 0.3) is 16.9 Å². The highest BCUT2D eigenvalue weighted by Crippen LogP contribution is 2.33. The minimum Gasteiger partial charge on any atom is -0.495 e. The maximum Gasteiger partial charge on any atom is 0.139 e. The molecule has 0 spiro atoms. The van der Waals surface area contributed by atoms with Gasteiger partial charge in [0.2, 0.25) is 0 Å². The summed E-state index contributed by atoms with van der Waals surface area (Å²) in [6, 6.07) is 8.16. The monoisotopic (exact) mass is 434 g/mol. The zero-order chi connectivity index (χ0) is 21.4. The summed E-state index contributed by atoms with van der Waals surface area (Å²) in [4.78, 5) is 17.8. The summed E-state index contributed by atoms with van der Waals surface area (Å²) in [5.41, 5.74) is 6.15. The van der Waals surface area contributed by atoms with Crippen molar-refractivity contribution in [3.63, 3.8) is 0 Å². The van der Waals surface area contributed by atoms with Gasteiger partial charge < -0.3 is 18.9 Å². The number of anilines is 2. The topological polar surface area (TPSA) is 58.8 Å². The van der Waals surface area contributed by atoms with Crippen LogP contribution in [0.4, 0.5) is 11.4 Å². The molecule has 1 aromatic carbocycles.